The van der Waals surface area contributed by atoms with Gasteiger partial charge in [0.15, 0.2) is 5.76 Å². The quantitative estimate of drug-likeness (QED) is 0.220. The minimum absolute atomic E-state index is 0.0625. The molecule has 0 aromatic carbocycles. The normalized spacial score (nSPS) is 8.72. The summed E-state index contributed by atoms with van der Waals surface area (Å²) in [4.78, 5) is 26.6. The fraction of sp³-hybridized carbons (Fsp3) is 0.429. The summed E-state index contributed by atoms with van der Waals surface area (Å²) in [5.74, 6) is 1.70. The molecule has 10 nitrogen and oxygen atoms in total. The van der Waals surface area contributed by atoms with Gasteiger partial charge in [0.2, 0.25) is 0 Å². The number of hydrogen-bond acceptors (Lipinski definition) is 10. The predicted molar refractivity (Wildman–Crippen MR) is 84.4 cm³/mol. The van der Waals surface area contributed by atoms with Crippen LogP contribution in [0.1, 0.15) is 25.3 Å². The van der Waals surface area contributed by atoms with Gasteiger partial charge >= 0.3 is 12.1 Å². The Morgan fingerprint density at radius 3 is 2.20 bits per heavy atom. The van der Waals surface area contributed by atoms with Crippen LogP contribution in [-0.2, 0) is 32.1 Å². The number of ether oxygens (including phenoxy) is 1. The molecule has 0 atom stereocenters. The highest BCUT2D eigenvalue weighted by Gasteiger charge is 2.07. The highest BCUT2D eigenvalue weighted by Crippen LogP contribution is 2.02. The maximum atomic E-state index is 10.3. The fourth-order valence-corrected chi connectivity index (χ4v) is 0.883. The number of aliphatic hydroxyl groups excluding tert-OH is 2. The third kappa shape index (κ3) is 19.3. The van der Waals surface area contributed by atoms with E-state index in [0.29, 0.717) is 5.76 Å². The first-order chi connectivity index (χ1) is 11.9. The minimum atomic E-state index is -0.818. The van der Waals surface area contributed by atoms with Crippen LogP contribution in [0.25, 0.3) is 0 Å². The van der Waals surface area contributed by atoms with Gasteiger partial charge in [-0.15, -0.1) is 6.42 Å². The molecule has 1 aromatic heterocycles. The van der Waals surface area contributed by atoms with Crippen molar-refractivity contribution >= 4 is 28.9 Å². The van der Waals surface area contributed by atoms with Gasteiger partial charge in [0, 0.05) is 6.07 Å². The smallest absolute Gasteiger partial charge is 0.373 e. The summed E-state index contributed by atoms with van der Waals surface area (Å²) < 4.78 is 9.04. The number of carbonyl (C=O) groups excluding carboxylic acids is 3. The van der Waals surface area contributed by atoms with E-state index in [0.717, 1.165) is 12.1 Å². The average molecular weight is 379 g/mol. The number of nitrogens with zero attached hydrogens (tertiary/aromatic N) is 2. The fourth-order valence-electron chi connectivity index (χ4n) is 0.828. The van der Waals surface area contributed by atoms with Crippen LogP contribution >= 0.6 is 11.6 Å². The number of esters is 1. The summed E-state index contributed by atoms with van der Waals surface area (Å²) >= 11 is 5.02. The van der Waals surface area contributed by atoms with Crippen LogP contribution in [0.2, 0.25) is 0 Å². The van der Waals surface area contributed by atoms with Crippen molar-refractivity contribution in [2.24, 2.45) is 5.16 Å². The Balaban J connectivity index is -0.000000285. The van der Waals surface area contributed by atoms with Crippen LogP contribution < -0.4 is 0 Å². The van der Waals surface area contributed by atoms with Gasteiger partial charge in [0.05, 0.1) is 12.3 Å². The summed E-state index contributed by atoms with van der Waals surface area (Å²) in [5, 5.41) is 29.6. The van der Waals surface area contributed by atoms with Gasteiger partial charge in [-0.3, -0.25) is 0 Å². The van der Waals surface area contributed by atoms with Crippen molar-refractivity contribution in [3.05, 3.63) is 17.5 Å². The lowest BCUT2D eigenvalue weighted by Crippen LogP contribution is -2.11. The van der Waals surface area contributed by atoms with Gasteiger partial charge in [-0.2, -0.15) is 9.59 Å². The average Bonchev–Trinajstić information content (AvgIpc) is 3.11. The molecule has 0 aliphatic carbocycles. The number of carbonyl (C=O) groups is 1. The van der Waals surface area contributed by atoms with E-state index < -0.39 is 11.1 Å². The molecule has 0 bridgehead atoms. The molecule has 0 spiro atoms. The Kier molecular flexibility index (Phi) is 23.1. The van der Waals surface area contributed by atoms with E-state index in [1.807, 2.05) is 12.8 Å². The number of oxime groups is 1. The lowest BCUT2D eigenvalue weighted by molar-refractivity contribution is -0.191. The second kappa shape index (κ2) is 21.3. The summed E-state index contributed by atoms with van der Waals surface area (Å²) in [6.45, 7) is 3.61. The zero-order valence-corrected chi connectivity index (χ0v) is 14.4. The van der Waals surface area contributed by atoms with E-state index in [-0.39, 0.29) is 26.0 Å². The van der Waals surface area contributed by atoms with Crippen molar-refractivity contribution in [1.82, 2.24) is 5.16 Å². The predicted octanol–water partition coefficient (Wildman–Crippen LogP) is 0.334. The molecular weight excluding hydrogens is 360 g/mol. The third-order valence-corrected chi connectivity index (χ3v) is 1.98. The van der Waals surface area contributed by atoms with Crippen molar-refractivity contribution in [3.8, 4) is 12.3 Å². The van der Waals surface area contributed by atoms with Gasteiger partial charge in [-0.05, 0) is 13.3 Å². The molecule has 0 aliphatic heterocycles. The number of rotatable bonds is 4. The Bertz CT molecular complexity index is 541. The SMILES string of the molecule is C#CCO.CCOC(=O)/C(Cl)=N/O.CCc1cc(CO)on1.O=C=O. The Morgan fingerprint density at radius 2 is 1.96 bits per heavy atom. The van der Waals surface area contributed by atoms with E-state index in [2.05, 4.69) is 21.5 Å². The molecule has 0 unspecified atom stereocenters. The van der Waals surface area contributed by atoms with Crippen LogP contribution in [0.5, 0.6) is 0 Å². The highest BCUT2D eigenvalue weighted by molar-refractivity contribution is 6.81. The molecule has 0 radical (unpaired) electrons. The lowest BCUT2D eigenvalue weighted by Gasteiger charge is -1.94. The molecule has 0 saturated heterocycles. The van der Waals surface area contributed by atoms with Crippen LogP contribution in [0.15, 0.2) is 15.7 Å². The van der Waals surface area contributed by atoms with Crippen molar-refractivity contribution in [1.29, 1.82) is 0 Å². The molecule has 11 heteroatoms. The van der Waals surface area contributed by atoms with Crippen LogP contribution in [-0.4, -0.2) is 51.1 Å². The maximum absolute atomic E-state index is 10.3. The second-order valence-electron chi connectivity index (χ2n) is 3.35. The first-order valence-electron chi connectivity index (χ1n) is 6.55. The second-order valence-corrected chi connectivity index (χ2v) is 3.71. The Hall–Kier alpha value is -2.70. The third-order valence-electron chi connectivity index (χ3n) is 1.75. The van der Waals surface area contributed by atoms with E-state index in [1.54, 1.807) is 13.0 Å². The van der Waals surface area contributed by atoms with Gasteiger partial charge in [-0.1, -0.05) is 34.8 Å². The first kappa shape index (κ1) is 27.2. The van der Waals surface area contributed by atoms with E-state index in [1.165, 1.54) is 0 Å². The van der Waals surface area contributed by atoms with Crippen molar-refractivity contribution < 1.29 is 39.1 Å². The van der Waals surface area contributed by atoms with Gasteiger partial charge in [-0.25, -0.2) is 4.79 Å². The number of aromatic nitrogens is 1. The molecule has 1 aromatic rings. The minimum Gasteiger partial charge on any atom is -0.461 e. The summed E-state index contributed by atoms with van der Waals surface area (Å²) in [5.41, 5.74) is 0.888. The zero-order valence-electron chi connectivity index (χ0n) is 13.6. The van der Waals surface area contributed by atoms with Gasteiger partial charge in [0.1, 0.15) is 13.2 Å². The van der Waals surface area contributed by atoms with E-state index in [4.69, 9.17) is 41.1 Å². The van der Waals surface area contributed by atoms with Crippen molar-refractivity contribution in [3.63, 3.8) is 0 Å². The molecule has 0 fully saturated rings. The zero-order chi connectivity index (χ0) is 20.1. The monoisotopic (exact) mass is 378 g/mol. The van der Waals surface area contributed by atoms with Crippen LogP contribution in [0, 0.1) is 12.3 Å². The highest BCUT2D eigenvalue weighted by atomic mass is 35.5. The summed E-state index contributed by atoms with van der Waals surface area (Å²) in [7, 11) is 0. The molecule has 140 valence electrons. The number of aryl methyl sites for hydroxylation is 1. The largest absolute Gasteiger partial charge is 0.461 e. The van der Waals surface area contributed by atoms with Crippen LogP contribution in [0.3, 0.4) is 0 Å². The molecular formula is C14H19ClN2O8. The number of hydrogen-bond donors (Lipinski definition) is 3. The number of halogens is 1. The maximum Gasteiger partial charge on any atom is 0.373 e. The molecule has 3 N–H and O–H groups in total. The molecule has 1 rings (SSSR count). The van der Waals surface area contributed by atoms with Gasteiger partial charge in [0.25, 0.3) is 5.17 Å². The summed E-state index contributed by atoms with van der Waals surface area (Å²) in [6.07, 6.45) is 5.63. The Morgan fingerprint density at radius 1 is 1.44 bits per heavy atom. The van der Waals surface area contributed by atoms with E-state index >= 15 is 0 Å². The van der Waals surface area contributed by atoms with Crippen LogP contribution in [0.4, 0.5) is 0 Å². The summed E-state index contributed by atoms with van der Waals surface area (Å²) in [6, 6.07) is 1.75. The molecule has 1 heterocycles. The molecule has 0 aliphatic rings. The van der Waals surface area contributed by atoms with Crippen molar-refractivity contribution in [2.75, 3.05) is 13.2 Å². The number of terminal acetylenes is 1. The topological polar surface area (TPSA) is 160 Å². The van der Waals surface area contributed by atoms with Crippen molar-refractivity contribution in [2.45, 2.75) is 26.9 Å². The lowest BCUT2D eigenvalue weighted by atomic mass is 10.3. The molecule has 0 saturated carbocycles. The molecule has 25 heavy (non-hydrogen) atoms. The Labute approximate surface area is 149 Å². The first-order valence-corrected chi connectivity index (χ1v) is 6.93. The standard InChI is InChI=1S/C6H9NO2.C4H6ClNO3.C3H4O.CO2/c1-2-5-3-6(4-8)9-7-5;1-2-9-4(7)3(5)6-8;1-2-3-4;2-1-3/h3,8H,2,4H2,1H3;8H,2H2,1H3;1,4H,3H2;/b;6-3-;;. The molecule has 0 amide bonds. The van der Waals surface area contributed by atoms with Gasteiger partial charge < -0.3 is 24.7 Å². The van der Waals surface area contributed by atoms with E-state index in [9.17, 15) is 4.79 Å². The number of aliphatic hydroxyl groups is 2.